The Labute approximate surface area is 182 Å². The Kier molecular flexibility index (Phi) is 11.5. The summed E-state index contributed by atoms with van der Waals surface area (Å²) in [6, 6.07) is 13.1. The van der Waals surface area contributed by atoms with E-state index in [2.05, 4.69) is 18.8 Å². The van der Waals surface area contributed by atoms with Crippen molar-refractivity contribution in [2.45, 2.75) is 71.6 Å². The summed E-state index contributed by atoms with van der Waals surface area (Å²) in [5, 5.41) is 10.2. The van der Waals surface area contributed by atoms with Gasteiger partial charge >= 0.3 is 0 Å². The van der Waals surface area contributed by atoms with Crippen LogP contribution in [0.1, 0.15) is 77.2 Å². The first-order valence-corrected chi connectivity index (χ1v) is 11.5. The third-order valence-electron chi connectivity index (χ3n) is 4.97. The van der Waals surface area contributed by atoms with E-state index in [-0.39, 0.29) is 5.75 Å². The van der Waals surface area contributed by atoms with Crippen molar-refractivity contribution in [1.82, 2.24) is 0 Å². The number of aromatic hydroxyl groups is 1. The summed E-state index contributed by atoms with van der Waals surface area (Å²) in [6.45, 7) is 5.83. The van der Waals surface area contributed by atoms with Crippen LogP contribution in [0.5, 0.6) is 17.2 Å². The van der Waals surface area contributed by atoms with Crippen LogP contribution in [0, 0.1) is 0 Å². The topological polar surface area (TPSA) is 51.0 Å². The zero-order valence-electron chi connectivity index (χ0n) is 18.6. The van der Waals surface area contributed by atoms with E-state index in [4.69, 9.17) is 9.47 Å². The van der Waals surface area contributed by atoms with Gasteiger partial charge in [-0.3, -0.25) is 4.99 Å². The van der Waals surface area contributed by atoms with Crippen molar-refractivity contribution in [3.8, 4) is 17.2 Å². The van der Waals surface area contributed by atoms with Crippen molar-refractivity contribution < 1.29 is 14.6 Å². The van der Waals surface area contributed by atoms with Crippen LogP contribution < -0.4 is 9.47 Å². The highest BCUT2D eigenvalue weighted by molar-refractivity contribution is 5.85. The molecular weight excluding hydrogens is 374 g/mol. The van der Waals surface area contributed by atoms with Gasteiger partial charge in [0.05, 0.1) is 18.9 Å². The molecule has 2 aromatic rings. The van der Waals surface area contributed by atoms with Crippen LogP contribution in [0.15, 0.2) is 47.5 Å². The van der Waals surface area contributed by atoms with Gasteiger partial charge in [0.25, 0.3) is 0 Å². The minimum absolute atomic E-state index is 0.172. The summed E-state index contributed by atoms with van der Waals surface area (Å²) in [5.74, 6) is 1.73. The van der Waals surface area contributed by atoms with E-state index < -0.39 is 0 Å². The lowest BCUT2D eigenvalue weighted by atomic mass is 10.1. The summed E-state index contributed by atoms with van der Waals surface area (Å²) in [7, 11) is 0. The first-order valence-electron chi connectivity index (χ1n) is 11.5. The molecule has 1 N–H and O–H groups in total. The zero-order valence-corrected chi connectivity index (χ0v) is 18.6. The third-order valence-corrected chi connectivity index (χ3v) is 4.97. The molecule has 0 bridgehead atoms. The SMILES string of the molecule is CCCCCCCCOc1ccc(N=Cc2ccc(OCCCCC)cc2O)cc1. The average molecular weight is 412 g/mol. The normalized spacial score (nSPS) is 11.1. The van der Waals surface area contributed by atoms with E-state index in [0.717, 1.165) is 43.7 Å². The Morgan fingerprint density at radius 1 is 0.733 bits per heavy atom. The summed E-state index contributed by atoms with van der Waals surface area (Å²) in [4.78, 5) is 4.45. The Morgan fingerprint density at radius 3 is 2.00 bits per heavy atom. The monoisotopic (exact) mass is 411 g/mol. The van der Waals surface area contributed by atoms with Gasteiger partial charge in [-0.1, -0.05) is 58.8 Å². The van der Waals surface area contributed by atoms with Gasteiger partial charge in [-0.25, -0.2) is 0 Å². The second-order valence-corrected chi connectivity index (χ2v) is 7.64. The van der Waals surface area contributed by atoms with E-state index >= 15 is 0 Å². The minimum Gasteiger partial charge on any atom is -0.507 e. The maximum absolute atomic E-state index is 10.2. The summed E-state index contributed by atoms with van der Waals surface area (Å²) in [6.07, 6.45) is 12.6. The van der Waals surface area contributed by atoms with E-state index in [1.165, 1.54) is 32.1 Å². The molecule has 0 aliphatic heterocycles. The summed E-state index contributed by atoms with van der Waals surface area (Å²) >= 11 is 0. The van der Waals surface area contributed by atoms with Gasteiger partial charge < -0.3 is 14.6 Å². The molecule has 0 aromatic heterocycles. The lowest BCUT2D eigenvalue weighted by Gasteiger charge is -2.07. The second-order valence-electron chi connectivity index (χ2n) is 7.64. The first kappa shape index (κ1) is 23.8. The Morgan fingerprint density at radius 2 is 1.30 bits per heavy atom. The van der Waals surface area contributed by atoms with Crippen LogP contribution in [-0.4, -0.2) is 24.5 Å². The number of nitrogens with zero attached hydrogens (tertiary/aromatic N) is 1. The maximum atomic E-state index is 10.2. The van der Waals surface area contributed by atoms with Gasteiger partial charge in [0.15, 0.2) is 0 Å². The van der Waals surface area contributed by atoms with Gasteiger partial charge in [0.2, 0.25) is 0 Å². The largest absolute Gasteiger partial charge is 0.507 e. The molecule has 0 atom stereocenters. The highest BCUT2D eigenvalue weighted by Crippen LogP contribution is 2.24. The highest BCUT2D eigenvalue weighted by Gasteiger charge is 2.02. The van der Waals surface area contributed by atoms with Crippen LogP contribution in [0.4, 0.5) is 5.69 Å². The molecule has 0 spiro atoms. The Balaban J connectivity index is 1.76. The molecule has 30 heavy (non-hydrogen) atoms. The fourth-order valence-corrected chi connectivity index (χ4v) is 3.11. The smallest absolute Gasteiger partial charge is 0.128 e. The number of phenols is 1. The van der Waals surface area contributed by atoms with Crippen molar-refractivity contribution >= 4 is 11.9 Å². The molecule has 2 aromatic carbocycles. The molecule has 2 rings (SSSR count). The summed E-state index contributed by atoms with van der Waals surface area (Å²) < 4.78 is 11.5. The van der Waals surface area contributed by atoms with Crippen LogP contribution in [0.3, 0.4) is 0 Å². The fourth-order valence-electron chi connectivity index (χ4n) is 3.11. The van der Waals surface area contributed by atoms with Crippen molar-refractivity contribution in [3.63, 3.8) is 0 Å². The van der Waals surface area contributed by atoms with Crippen molar-refractivity contribution in [2.75, 3.05) is 13.2 Å². The van der Waals surface area contributed by atoms with Crippen molar-refractivity contribution in [2.24, 2.45) is 4.99 Å². The van der Waals surface area contributed by atoms with E-state index in [1.807, 2.05) is 36.4 Å². The molecule has 0 saturated heterocycles. The van der Waals surface area contributed by atoms with Gasteiger partial charge in [-0.2, -0.15) is 0 Å². The molecule has 0 radical (unpaired) electrons. The highest BCUT2D eigenvalue weighted by atomic mass is 16.5. The number of unbranched alkanes of at least 4 members (excludes halogenated alkanes) is 7. The van der Waals surface area contributed by atoms with Gasteiger partial charge in [0.1, 0.15) is 17.2 Å². The van der Waals surface area contributed by atoms with Gasteiger partial charge in [-0.05, 0) is 49.2 Å². The predicted molar refractivity (Wildman–Crippen MR) is 126 cm³/mol. The van der Waals surface area contributed by atoms with E-state index in [9.17, 15) is 5.11 Å². The molecule has 164 valence electrons. The van der Waals surface area contributed by atoms with Crippen LogP contribution in [0.2, 0.25) is 0 Å². The molecule has 4 nitrogen and oxygen atoms in total. The molecule has 0 fully saturated rings. The van der Waals surface area contributed by atoms with Crippen molar-refractivity contribution in [3.05, 3.63) is 48.0 Å². The molecule has 4 heteroatoms. The first-order chi connectivity index (χ1) is 14.7. The predicted octanol–water partition coefficient (Wildman–Crippen LogP) is 7.45. The Bertz CT molecular complexity index is 740. The average Bonchev–Trinajstić information content (AvgIpc) is 2.76. The maximum Gasteiger partial charge on any atom is 0.128 e. The van der Waals surface area contributed by atoms with Crippen LogP contribution in [-0.2, 0) is 0 Å². The molecule has 0 aliphatic carbocycles. The number of rotatable bonds is 15. The van der Waals surface area contributed by atoms with Crippen LogP contribution >= 0.6 is 0 Å². The number of hydrogen-bond donors (Lipinski definition) is 1. The number of ether oxygens (including phenoxy) is 2. The third kappa shape index (κ3) is 9.34. The fraction of sp³-hybridized carbons (Fsp3) is 0.500. The summed E-state index contributed by atoms with van der Waals surface area (Å²) in [5.41, 5.74) is 1.49. The van der Waals surface area contributed by atoms with Crippen molar-refractivity contribution in [1.29, 1.82) is 0 Å². The number of hydrogen-bond acceptors (Lipinski definition) is 4. The minimum atomic E-state index is 0.172. The molecule has 0 saturated carbocycles. The second kappa shape index (κ2) is 14.5. The lowest BCUT2D eigenvalue weighted by molar-refractivity contribution is 0.304. The number of aliphatic imine (C=N–C) groups is 1. The molecule has 0 unspecified atom stereocenters. The molecule has 0 aliphatic rings. The van der Waals surface area contributed by atoms with Gasteiger partial charge in [-0.15, -0.1) is 0 Å². The number of phenolic OH excluding ortho intramolecular Hbond substituents is 1. The molecule has 0 heterocycles. The van der Waals surface area contributed by atoms with Gasteiger partial charge in [0, 0.05) is 17.8 Å². The van der Waals surface area contributed by atoms with Crippen LogP contribution in [0.25, 0.3) is 0 Å². The standard InChI is InChI=1S/C26H37NO3/c1-3-5-7-8-9-11-19-29-24-16-13-23(14-17-24)27-21-22-12-15-25(20-26(22)28)30-18-10-6-4-2/h12-17,20-21,28H,3-11,18-19H2,1-2H3. The number of benzene rings is 2. The van der Waals surface area contributed by atoms with E-state index in [1.54, 1.807) is 12.3 Å². The Hall–Kier alpha value is -2.49. The quantitative estimate of drug-likeness (QED) is 0.244. The van der Waals surface area contributed by atoms with E-state index in [0.29, 0.717) is 17.9 Å². The molecule has 0 amide bonds. The lowest BCUT2D eigenvalue weighted by Crippen LogP contribution is -1.97. The molecular formula is C26H37NO3. The zero-order chi connectivity index (χ0) is 21.4.